The highest BCUT2D eigenvalue weighted by molar-refractivity contribution is 7.98. The Morgan fingerprint density at radius 1 is 1.08 bits per heavy atom. The number of pyridine rings is 1. The van der Waals surface area contributed by atoms with Crippen molar-refractivity contribution in [3.05, 3.63) is 88.7 Å². The fourth-order valence-corrected chi connectivity index (χ4v) is 5.72. The molecule has 3 aromatic rings. The number of carbonyl (C=O) groups excluding carboxylic acids is 1. The SMILES string of the molecule is CSCC[C@H](NC(=O)c1ccc(C=Cc2cnccc2C2(O)CCCCC2)cc1-c1ccccc1C)C(=O)O. The number of benzene rings is 2. The summed E-state index contributed by atoms with van der Waals surface area (Å²) in [6, 6.07) is 14.4. The molecule has 1 aromatic heterocycles. The number of nitrogens with zero attached hydrogens (tertiary/aromatic N) is 1. The van der Waals surface area contributed by atoms with E-state index in [4.69, 9.17) is 0 Å². The second kappa shape index (κ2) is 13.1. The summed E-state index contributed by atoms with van der Waals surface area (Å²) in [7, 11) is 0. The smallest absolute Gasteiger partial charge is 0.326 e. The molecule has 0 aliphatic heterocycles. The van der Waals surface area contributed by atoms with Crippen LogP contribution in [0.3, 0.4) is 0 Å². The molecule has 0 unspecified atom stereocenters. The number of aromatic nitrogens is 1. The number of carboxylic acid groups (broad SMARTS) is 1. The van der Waals surface area contributed by atoms with Crippen molar-refractivity contribution in [2.75, 3.05) is 12.0 Å². The van der Waals surface area contributed by atoms with Gasteiger partial charge >= 0.3 is 5.97 Å². The highest BCUT2D eigenvalue weighted by Crippen LogP contribution is 2.39. The average Bonchev–Trinajstić information content (AvgIpc) is 2.94. The molecule has 0 bridgehead atoms. The van der Waals surface area contributed by atoms with Crippen molar-refractivity contribution >= 4 is 35.8 Å². The molecule has 0 radical (unpaired) electrons. The van der Waals surface area contributed by atoms with E-state index in [1.165, 1.54) is 0 Å². The van der Waals surface area contributed by atoms with Crippen molar-refractivity contribution < 1.29 is 19.8 Å². The van der Waals surface area contributed by atoms with E-state index in [1.807, 2.05) is 67.8 Å². The Morgan fingerprint density at radius 3 is 2.56 bits per heavy atom. The Kier molecular flexibility index (Phi) is 9.59. The summed E-state index contributed by atoms with van der Waals surface area (Å²) in [5.74, 6) is -0.815. The molecule has 2 aromatic carbocycles. The van der Waals surface area contributed by atoms with E-state index in [0.29, 0.717) is 17.7 Å². The number of aliphatic hydroxyl groups is 1. The zero-order valence-electron chi connectivity index (χ0n) is 22.5. The summed E-state index contributed by atoms with van der Waals surface area (Å²) in [5, 5.41) is 23.7. The maximum Gasteiger partial charge on any atom is 0.326 e. The van der Waals surface area contributed by atoms with Gasteiger partial charge in [0.15, 0.2) is 0 Å². The van der Waals surface area contributed by atoms with Gasteiger partial charge in [0.05, 0.1) is 5.60 Å². The van der Waals surface area contributed by atoms with Crippen LogP contribution in [0, 0.1) is 6.92 Å². The molecule has 1 atom stereocenters. The van der Waals surface area contributed by atoms with Gasteiger partial charge in [0.1, 0.15) is 6.04 Å². The quantitative estimate of drug-likeness (QED) is 0.276. The normalized spacial score (nSPS) is 15.7. The second-order valence-corrected chi connectivity index (χ2v) is 11.1. The van der Waals surface area contributed by atoms with Crippen LogP contribution in [-0.4, -0.2) is 45.1 Å². The summed E-state index contributed by atoms with van der Waals surface area (Å²) in [5.41, 5.74) is 4.90. The first-order chi connectivity index (χ1) is 18.8. The predicted molar refractivity (Wildman–Crippen MR) is 159 cm³/mol. The lowest BCUT2D eigenvalue weighted by molar-refractivity contribution is -0.139. The van der Waals surface area contributed by atoms with Crippen LogP contribution in [-0.2, 0) is 10.4 Å². The predicted octanol–water partition coefficient (Wildman–Crippen LogP) is 6.32. The molecule has 1 heterocycles. The third-order valence-corrected chi connectivity index (χ3v) is 8.07. The molecule has 0 spiro atoms. The molecule has 7 heteroatoms. The van der Waals surface area contributed by atoms with Gasteiger partial charge in [0.2, 0.25) is 0 Å². The summed E-state index contributed by atoms with van der Waals surface area (Å²) < 4.78 is 0. The molecular weight excluding hydrogens is 508 g/mol. The fourth-order valence-electron chi connectivity index (χ4n) is 5.25. The lowest BCUT2D eigenvalue weighted by Crippen LogP contribution is -2.41. The van der Waals surface area contributed by atoms with Crippen LogP contribution in [0.4, 0.5) is 0 Å². The van der Waals surface area contributed by atoms with Crippen LogP contribution in [0.15, 0.2) is 60.9 Å². The standard InChI is InChI=1S/C32H36N2O4S/c1-22-8-4-5-9-25(22)27-20-23(11-13-26(27)30(35)34-29(31(36)37)15-19-39-2)10-12-24-21-33-18-14-28(24)32(38)16-6-3-7-17-32/h4-5,8-14,18,20-21,29,38H,3,6-7,15-17,19H2,1-2H3,(H,34,35)(H,36,37)/t29-/m0/s1. The molecule has 204 valence electrons. The van der Waals surface area contributed by atoms with E-state index < -0.39 is 23.5 Å². The van der Waals surface area contributed by atoms with Crippen LogP contribution in [0.25, 0.3) is 23.3 Å². The van der Waals surface area contributed by atoms with Gasteiger partial charge < -0.3 is 15.5 Å². The summed E-state index contributed by atoms with van der Waals surface area (Å²) >= 11 is 1.55. The molecule has 1 saturated carbocycles. The Balaban J connectivity index is 1.69. The molecule has 1 amide bonds. The van der Waals surface area contributed by atoms with Gasteiger partial charge in [-0.2, -0.15) is 11.8 Å². The average molecular weight is 545 g/mol. The molecule has 3 N–H and O–H groups in total. The van der Waals surface area contributed by atoms with E-state index in [0.717, 1.165) is 65.5 Å². The van der Waals surface area contributed by atoms with E-state index in [-0.39, 0.29) is 0 Å². The van der Waals surface area contributed by atoms with Crippen molar-refractivity contribution in [2.24, 2.45) is 0 Å². The van der Waals surface area contributed by atoms with Gasteiger partial charge in [-0.15, -0.1) is 0 Å². The van der Waals surface area contributed by atoms with Gasteiger partial charge in [-0.25, -0.2) is 4.79 Å². The Hall–Kier alpha value is -3.42. The number of carbonyl (C=O) groups is 2. The first-order valence-corrected chi connectivity index (χ1v) is 14.8. The number of nitrogens with one attached hydrogen (secondary N) is 1. The van der Waals surface area contributed by atoms with Crippen molar-refractivity contribution in [3.63, 3.8) is 0 Å². The van der Waals surface area contributed by atoms with Crippen molar-refractivity contribution in [1.29, 1.82) is 0 Å². The minimum atomic E-state index is -1.04. The first kappa shape index (κ1) is 28.6. The number of rotatable bonds is 10. The minimum absolute atomic E-state index is 0.350. The number of hydrogen-bond acceptors (Lipinski definition) is 5. The number of aliphatic carboxylic acids is 1. The second-order valence-electron chi connectivity index (χ2n) is 10.2. The highest BCUT2D eigenvalue weighted by atomic mass is 32.2. The number of carboxylic acids is 1. The molecule has 4 rings (SSSR count). The Labute approximate surface area is 234 Å². The number of hydrogen-bond donors (Lipinski definition) is 3. The van der Waals surface area contributed by atoms with E-state index in [1.54, 1.807) is 30.2 Å². The van der Waals surface area contributed by atoms with Crippen LogP contribution in [0.2, 0.25) is 0 Å². The number of amides is 1. The van der Waals surface area contributed by atoms with Gasteiger partial charge in [0.25, 0.3) is 5.91 Å². The topological polar surface area (TPSA) is 99.5 Å². The zero-order valence-corrected chi connectivity index (χ0v) is 23.3. The fraction of sp³-hybridized carbons (Fsp3) is 0.344. The molecule has 0 saturated heterocycles. The maximum atomic E-state index is 13.3. The van der Waals surface area contributed by atoms with E-state index in [9.17, 15) is 19.8 Å². The monoisotopic (exact) mass is 544 g/mol. The summed E-state index contributed by atoms with van der Waals surface area (Å²) in [6.45, 7) is 1.99. The van der Waals surface area contributed by atoms with Crippen LogP contribution >= 0.6 is 11.8 Å². The summed E-state index contributed by atoms with van der Waals surface area (Å²) in [6.07, 6.45) is 14.3. The van der Waals surface area contributed by atoms with E-state index >= 15 is 0 Å². The number of thioether (sulfide) groups is 1. The first-order valence-electron chi connectivity index (χ1n) is 13.4. The van der Waals surface area contributed by atoms with E-state index in [2.05, 4.69) is 10.3 Å². The van der Waals surface area contributed by atoms with Gasteiger partial charge in [-0.05, 0) is 89.8 Å². The van der Waals surface area contributed by atoms with Gasteiger partial charge in [0, 0.05) is 18.0 Å². The molecule has 6 nitrogen and oxygen atoms in total. The minimum Gasteiger partial charge on any atom is -0.480 e. The molecule has 1 fully saturated rings. The third-order valence-electron chi connectivity index (χ3n) is 7.43. The molecule has 1 aliphatic carbocycles. The lowest BCUT2D eigenvalue weighted by atomic mass is 9.78. The zero-order chi connectivity index (χ0) is 27.8. The summed E-state index contributed by atoms with van der Waals surface area (Å²) in [4.78, 5) is 29.4. The largest absolute Gasteiger partial charge is 0.480 e. The van der Waals surface area contributed by atoms with Crippen LogP contribution < -0.4 is 5.32 Å². The Morgan fingerprint density at radius 2 is 1.85 bits per heavy atom. The molecule has 1 aliphatic rings. The van der Waals surface area contributed by atoms with Crippen molar-refractivity contribution in [3.8, 4) is 11.1 Å². The lowest BCUT2D eigenvalue weighted by Gasteiger charge is -2.33. The molecule has 39 heavy (non-hydrogen) atoms. The third kappa shape index (κ3) is 6.97. The van der Waals surface area contributed by atoms with Gasteiger partial charge in [-0.1, -0.05) is 61.7 Å². The number of aryl methyl sites for hydroxylation is 1. The highest BCUT2D eigenvalue weighted by Gasteiger charge is 2.32. The molecular formula is C32H36N2O4S. The van der Waals surface area contributed by atoms with Crippen molar-refractivity contribution in [1.82, 2.24) is 10.3 Å². The Bertz CT molecular complexity index is 1350. The van der Waals surface area contributed by atoms with Crippen LogP contribution in [0.1, 0.15) is 71.1 Å². The van der Waals surface area contributed by atoms with Crippen LogP contribution in [0.5, 0.6) is 0 Å². The van der Waals surface area contributed by atoms with Gasteiger partial charge in [-0.3, -0.25) is 9.78 Å². The van der Waals surface area contributed by atoms with Crippen molar-refractivity contribution in [2.45, 2.75) is 57.1 Å². The maximum absolute atomic E-state index is 13.3.